The van der Waals surface area contributed by atoms with Crippen LogP contribution in [0.25, 0.3) is 0 Å². The number of rotatable bonds is 5. The lowest BCUT2D eigenvalue weighted by Crippen LogP contribution is -2.00. The van der Waals surface area contributed by atoms with E-state index in [9.17, 15) is 4.79 Å². The molecule has 2 rings (SSSR count). The Hall–Kier alpha value is -2.09. The third-order valence-electron chi connectivity index (χ3n) is 2.89. The van der Waals surface area contributed by atoms with Gasteiger partial charge in [0.1, 0.15) is 18.6 Å². The van der Waals surface area contributed by atoms with Crippen molar-refractivity contribution in [3.05, 3.63) is 65.2 Å². The van der Waals surface area contributed by atoms with E-state index in [2.05, 4.69) is 0 Å². The standard InChI is InChI=1S/C16H16O2/c1-2-15-14(11-17)9-6-10-16(15)18-12-13-7-4-3-5-8-13/h3-11H,2,12H2,1H3. The average molecular weight is 240 g/mol. The lowest BCUT2D eigenvalue weighted by atomic mass is 10.1. The molecule has 0 saturated heterocycles. The summed E-state index contributed by atoms with van der Waals surface area (Å²) in [4.78, 5) is 11.0. The Morgan fingerprint density at radius 3 is 2.50 bits per heavy atom. The van der Waals surface area contributed by atoms with E-state index in [0.717, 1.165) is 29.6 Å². The summed E-state index contributed by atoms with van der Waals surface area (Å²) in [7, 11) is 0. The van der Waals surface area contributed by atoms with Crippen LogP contribution in [0.15, 0.2) is 48.5 Å². The van der Waals surface area contributed by atoms with Crippen molar-refractivity contribution >= 4 is 6.29 Å². The van der Waals surface area contributed by atoms with E-state index in [1.807, 2.05) is 55.5 Å². The Morgan fingerprint density at radius 2 is 1.83 bits per heavy atom. The van der Waals surface area contributed by atoms with Gasteiger partial charge in [0, 0.05) is 11.1 Å². The topological polar surface area (TPSA) is 26.3 Å². The molecule has 0 fully saturated rings. The summed E-state index contributed by atoms with van der Waals surface area (Å²) in [6.07, 6.45) is 1.67. The van der Waals surface area contributed by atoms with Gasteiger partial charge in [-0.2, -0.15) is 0 Å². The summed E-state index contributed by atoms with van der Waals surface area (Å²) < 4.78 is 5.80. The van der Waals surface area contributed by atoms with Crippen LogP contribution in [0.4, 0.5) is 0 Å². The maximum absolute atomic E-state index is 11.0. The number of hydrogen-bond acceptors (Lipinski definition) is 2. The first-order valence-electron chi connectivity index (χ1n) is 6.09. The molecule has 0 atom stereocenters. The highest BCUT2D eigenvalue weighted by atomic mass is 16.5. The Kier molecular flexibility index (Phi) is 4.13. The quantitative estimate of drug-likeness (QED) is 0.746. The van der Waals surface area contributed by atoms with Crippen LogP contribution in [-0.2, 0) is 13.0 Å². The van der Waals surface area contributed by atoms with Gasteiger partial charge in [-0.25, -0.2) is 0 Å². The molecule has 2 nitrogen and oxygen atoms in total. The van der Waals surface area contributed by atoms with Gasteiger partial charge in [-0.05, 0) is 18.1 Å². The van der Waals surface area contributed by atoms with Crippen molar-refractivity contribution in [2.45, 2.75) is 20.0 Å². The molecule has 0 unspecified atom stereocenters. The van der Waals surface area contributed by atoms with Crippen LogP contribution >= 0.6 is 0 Å². The SMILES string of the molecule is CCc1c(C=O)cccc1OCc1ccccc1. The van der Waals surface area contributed by atoms with Crippen molar-refractivity contribution in [1.82, 2.24) is 0 Å². The van der Waals surface area contributed by atoms with E-state index in [-0.39, 0.29) is 0 Å². The number of carbonyl (C=O) groups is 1. The van der Waals surface area contributed by atoms with Crippen LogP contribution in [0.1, 0.15) is 28.4 Å². The van der Waals surface area contributed by atoms with Gasteiger partial charge in [-0.15, -0.1) is 0 Å². The van der Waals surface area contributed by atoms with E-state index in [0.29, 0.717) is 12.2 Å². The van der Waals surface area contributed by atoms with Crippen molar-refractivity contribution < 1.29 is 9.53 Å². The fourth-order valence-corrected chi connectivity index (χ4v) is 1.94. The molecule has 0 aliphatic rings. The maximum atomic E-state index is 11.0. The monoisotopic (exact) mass is 240 g/mol. The van der Waals surface area contributed by atoms with Crippen LogP contribution in [0.5, 0.6) is 5.75 Å². The summed E-state index contributed by atoms with van der Waals surface area (Å²) >= 11 is 0. The fraction of sp³-hybridized carbons (Fsp3) is 0.188. The van der Waals surface area contributed by atoms with Crippen molar-refractivity contribution in [2.24, 2.45) is 0 Å². The second-order valence-electron chi connectivity index (χ2n) is 4.07. The van der Waals surface area contributed by atoms with Crippen molar-refractivity contribution in [2.75, 3.05) is 0 Å². The number of benzene rings is 2. The van der Waals surface area contributed by atoms with Crippen molar-refractivity contribution in [3.63, 3.8) is 0 Å². The van der Waals surface area contributed by atoms with Gasteiger partial charge in [0.25, 0.3) is 0 Å². The zero-order chi connectivity index (χ0) is 12.8. The molecule has 0 aliphatic carbocycles. The number of hydrogen-bond donors (Lipinski definition) is 0. The maximum Gasteiger partial charge on any atom is 0.150 e. The van der Waals surface area contributed by atoms with Crippen LogP contribution in [0.3, 0.4) is 0 Å². The third-order valence-corrected chi connectivity index (χ3v) is 2.89. The smallest absolute Gasteiger partial charge is 0.150 e. The highest BCUT2D eigenvalue weighted by Crippen LogP contribution is 2.23. The Balaban J connectivity index is 2.16. The Morgan fingerprint density at radius 1 is 1.06 bits per heavy atom. The molecule has 0 heterocycles. The second-order valence-corrected chi connectivity index (χ2v) is 4.07. The van der Waals surface area contributed by atoms with Crippen LogP contribution < -0.4 is 4.74 Å². The van der Waals surface area contributed by atoms with Gasteiger partial charge in [0.05, 0.1) is 0 Å². The molecular formula is C16H16O2. The molecule has 0 aliphatic heterocycles. The molecule has 92 valence electrons. The summed E-state index contributed by atoms with van der Waals surface area (Å²) in [5.41, 5.74) is 2.81. The molecule has 0 N–H and O–H groups in total. The lowest BCUT2D eigenvalue weighted by molar-refractivity contribution is 0.112. The zero-order valence-corrected chi connectivity index (χ0v) is 10.4. The zero-order valence-electron chi connectivity index (χ0n) is 10.4. The van der Waals surface area contributed by atoms with Gasteiger partial charge in [-0.3, -0.25) is 4.79 Å². The molecular weight excluding hydrogens is 224 g/mol. The minimum atomic E-state index is 0.524. The average Bonchev–Trinajstić information content (AvgIpc) is 2.45. The Bertz CT molecular complexity index is 518. The summed E-state index contributed by atoms with van der Waals surface area (Å²) in [5.74, 6) is 0.797. The number of aldehydes is 1. The van der Waals surface area contributed by atoms with Crippen molar-refractivity contribution in [3.8, 4) is 5.75 Å². The first-order chi connectivity index (χ1) is 8.85. The first-order valence-corrected chi connectivity index (χ1v) is 6.09. The molecule has 2 aromatic carbocycles. The highest BCUT2D eigenvalue weighted by molar-refractivity contribution is 5.78. The molecule has 0 radical (unpaired) electrons. The van der Waals surface area contributed by atoms with Gasteiger partial charge in [0.2, 0.25) is 0 Å². The van der Waals surface area contributed by atoms with Crippen LogP contribution in [0.2, 0.25) is 0 Å². The van der Waals surface area contributed by atoms with E-state index in [1.165, 1.54) is 0 Å². The summed E-state index contributed by atoms with van der Waals surface area (Å²) in [6.45, 7) is 2.55. The van der Waals surface area contributed by atoms with Gasteiger partial charge >= 0.3 is 0 Å². The van der Waals surface area contributed by atoms with Gasteiger partial charge in [0.15, 0.2) is 0 Å². The first kappa shape index (κ1) is 12.4. The van der Waals surface area contributed by atoms with Crippen LogP contribution in [-0.4, -0.2) is 6.29 Å². The minimum Gasteiger partial charge on any atom is -0.489 e. The molecule has 0 amide bonds. The van der Waals surface area contributed by atoms with E-state index in [4.69, 9.17) is 4.74 Å². The molecule has 0 saturated carbocycles. The van der Waals surface area contributed by atoms with Crippen molar-refractivity contribution in [1.29, 1.82) is 0 Å². The fourth-order valence-electron chi connectivity index (χ4n) is 1.94. The molecule has 18 heavy (non-hydrogen) atoms. The second kappa shape index (κ2) is 6.01. The number of carbonyl (C=O) groups excluding carboxylic acids is 1. The third kappa shape index (κ3) is 2.77. The normalized spacial score (nSPS) is 10.1. The van der Waals surface area contributed by atoms with E-state index in [1.54, 1.807) is 0 Å². The largest absolute Gasteiger partial charge is 0.489 e. The summed E-state index contributed by atoms with van der Waals surface area (Å²) in [6, 6.07) is 15.6. The molecule has 2 aromatic rings. The van der Waals surface area contributed by atoms with E-state index < -0.39 is 0 Å². The van der Waals surface area contributed by atoms with E-state index >= 15 is 0 Å². The predicted molar refractivity (Wildman–Crippen MR) is 72.0 cm³/mol. The minimum absolute atomic E-state index is 0.524. The number of ether oxygens (including phenoxy) is 1. The molecule has 0 bridgehead atoms. The van der Waals surface area contributed by atoms with Crippen LogP contribution in [0, 0.1) is 0 Å². The van der Waals surface area contributed by atoms with Gasteiger partial charge < -0.3 is 4.74 Å². The molecule has 2 heteroatoms. The molecule has 0 aromatic heterocycles. The molecule has 0 spiro atoms. The Labute approximate surface area is 107 Å². The lowest BCUT2D eigenvalue weighted by Gasteiger charge is -2.12. The predicted octanol–water partition coefficient (Wildman–Crippen LogP) is 3.64. The van der Waals surface area contributed by atoms with Gasteiger partial charge in [-0.1, -0.05) is 49.4 Å². The summed E-state index contributed by atoms with van der Waals surface area (Å²) in [5, 5.41) is 0. The highest BCUT2D eigenvalue weighted by Gasteiger charge is 2.07.